The zero-order chi connectivity index (χ0) is 13.2. The number of hydrogen-bond donors (Lipinski definition) is 2. The van der Waals surface area contributed by atoms with Crippen molar-refractivity contribution in [2.45, 2.75) is 33.7 Å². The number of nitrogens with zero attached hydrogens (tertiary/aromatic N) is 1. The molecule has 6 nitrogen and oxygen atoms in total. The van der Waals surface area contributed by atoms with E-state index in [4.69, 9.17) is 9.63 Å². The lowest BCUT2D eigenvalue weighted by atomic mass is 9.87. The van der Waals surface area contributed by atoms with Crippen molar-refractivity contribution < 1.29 is 19.2 Å². The third kappa shape index (κ3) is 3.30. The molecule has 2 N–H and O–H groups in total. The van der Waals surface area contributed by atoms with Crippen LogP contribution in [0.5, 0.6) is 0 Å². The van der Waals surface area contributed by atoms with Gasteiger partial charge in [-0.1, -0.05) is 25.9 Å². The molecule has 1 amide bonds. The summed E-state index contributed by atoms with van der Waals surface area (Å²) in [4.78, 5) is 22.8. The number of aliphatic carboxylic acids is 1. The van der Waals surface area contributed by atoms with Gasteiger partial charge >= 0.3 is 5.97 Å². The molecule has 1 heterocycles. The van der Waals surface area contributed by atoms with Crippen LogP contribution in [0.4, 0.5) is 0 Å². The van der Waals surface area contributed by atoms with E-state index in [1.807, 2.05) is 0 Å². The van der Waals surface area contributed by atoms with Gasteiger partial charge in [0.2, 0.25) is 5.76 Å². The monoisotopic (exact) mass is 240 g/mol. The smallest absolute Gasteiger partial charge is 0.326 e. The van der Waals surface area contributed by atoms with Crippen molar-refractivity contribution in [2.24, 2.45) is 5.41 Å². The highest BCUT2D eigenvalue weighted by molar-refractivity contribution is 5.94. The Hall–Kier alpha value is -1.85. The van der Waals surface area contributed by atoms with Gasteiger partial charge in [-0.05, 0) is 12.3 Å². The van der Waals surface area contributed by atoms with Crippen molar-refractivity contribution in [3.8, 4) is 0 Å². The standard InChI is InChI=1S/C11H16N2O4/c1-6-5-7(17-13-6)9(14)12-8(10(15)16)11(2,3)4/h5,8H,1-4H3,(H,12,14)(H,15,16). The van der Waals surface area contributed by atoms with Crippen LogP contribution >= 0.6 is 0 Å². The molecule has 1 unspecified atom stereocenters. The van der Waals surface area contributed by atoms with Crippen molar-refractivity contribution in [3.05, 3.63) is 17.5 Å². The van der Waals surface area contributed by atoms with Crippen LogP contribution in [0.3, 0.4) is 0 Å². The topological polar surface area (TPSA) is 92.4 Å². The van der Waals surface area contributed by atoms with Gasteiger partial charge in [-0.3, -0.25) is 4.79 Å². The highest BCUT2D eigenvalue weighted by Crippen LogP contribution is 2.20. The van der Waals surface area contributed by atoms with E-state index in [1.165, 1.54) is 6.07 Å². The molecule has 94 valence electrons. The van der Waals surface area contributed by atoms with Crippen LogP contribution in [0.15, 0.2) is 10.6 Å². The molecule has 1 rings (SSSR count). The minimum absolute atomic E-state index is 0.0120. The van der Waals surface area contributed by atoms with Gasteiger partial charge in [0, 0.05) is 6.07 Å². The van der Waals surface area contributed by atoms with E-state index < -0.39 is 23.3 Å². The molecule has 0 aromatic carbocycles. The molecular weight excluding hydrogens is 224 g/mol. The fourth-order valence-electron chi connectivity index (χ4n) is 1.32. The number of nitrogens with one attached hydrogen (secondary N) is 1. The molecule has 0 bridgehead atoms. The number of hydrogen-bond acceptors (Lipinski definition) is 4. The first-order valence-corrected chi connectivity index (χ1v) is 5.19. The lowest BCUT2D eigenvalue weighted by Crippen LogP contribution is -2.49. The van der Waals surface area contributed by atoms with Crippen LogP contribution in [0.1, 0.15) is 37.0 Å². The van der Waals surface area contributed by atoms with Gasteiger partial charge in [-0.25, -0.2) is 4.79 Å². The summed E-state index contributed by atoms with van der Waals surface area (Å²) in [6, 6.07) is 0.470. The molecule has 0 saturated heterocycles. The number of carboxylic acid groups (broad SMARTS) is 1. The van der Waals surface area contributed by atoms with E-state index in [0.717, 1.165) is 0 Å². The molecule has 0 radical (unpaired) electrons. The number of aromatic nitrogens is 1. The molecule has 17 heavy (non-hydrogen) atoms. The van der Waals surface area contributed by atoms with Gasteiger partial charge in [0.1, 0.15) is 6.04 Å². The highest BCUT2D eigenvalue weighted by atomic mass is 16.5. The fraction of sp³-hybridized carbons (Fsp3) is 0.545. The van der Waals surface area contributed by atoms with Gasteiger partial charge in [-0.2, -0.15) is 0 Å². The Morgan fingerprint density at radius 2 is 2.06 bits per heavy atom. The Morgan fingerprint density at radius 3 is 2.41 bits per heavy atom. The average molecular weight is 240 g/mol. The molecule has 1 aromatic heterocycles. The van der Waals surface area contributed by atoms with Gasteiger partial charge in [-0.15, -0.1) is 0 Å². The summed E-state index contributed by atoms with van der Waals surface area (Å²) in [5.41, 5.74) is -0.0194. The molecule has 0 aliphatic heterocycles. The summed E-state index contributed by atoms with van der Waals surface area (Å²) >= 11 is 0. The maximum atomic E-state index is 11.7. The number of rotatable bonds is 3. The Bertz CT molecular complexity index is 431. The normalized spacial score (nSPS) is 13.2. The van der Waals surface area contributed by atoms with E-state index >= 15 is 0 Å². The minimum atomic E-state index is -1.08. The van der Waals surface area contributed by atoms with Crippen LogP contribution in [-0.4, -0.2) is 28.2 Å². The maximum absolute atomic E-state index is 11.7. The number of amides is 1. The van der Waals surface area contributed by atoms with E-state index in [1.54, 1.807) is 27.7 Å². The first-order valence-electron chi connectivity index (χ1n) is 5.19. The molecule has 0 aliphatic carbocycles. The predicted molar refractivity (Wildman–Crippen MR) is 59.6 cm³/mol. The van der Waals surface area contributed by atoms with Crippen molar-refractivity contribution in [1.29, 1.82) is 0 Å². The minimum Gasteiger partial charge on any atom is -0.480 e. The number of aryl methyl sites for hydroxylation is 1. The van der Waals surface area contributed by atoms with Crippen molar-refractivity contribution in [2.75, 3.05) is 0 Å². The third-order valence-corrected chi connectivity index (χ3v) is 2.24. The highest BCUT2D eigenvalue weighted by Gasteiger charge is 2.33. The zero-order valence-electron chi connectivity index (χ0n) is 10.3. The molecule has 0 fully saturated rings. The Kier molecular flexibility index (Phi) is 3.55. The second-order valence-corrected chi connectivity index (χ2v) is 4.94. The first-order chi connectivity index (χ1) is 7.71. The van der Waals surface area contributed by atoms with E-state index in [-0.39, 0.29) is 5.76 Å². The summed E-state index contributed by atoms with van der Waals surface area (Å²) < 4.78 is 4.76. The van der Waals surface area contributed by atoms with Crippen molar-refractivity contribution in [1.82, 2.24) is 10.5 Å². The van der Waals surface area contributed by atoms with Crippen LogP contribution in [0, 0.1) is 12.3 Å². The van der Waals surface area contributed by atoms with Crippen LogP contribution < -0.4 is 5.32 Å². The Labute approximate surface area is 99.0 Å². The van der Waals surface area contributed by atoms with Crippen molar-refractivity contribution in [3.63, 3.8) is 0 Å². The quantitative estimate of drug-likeness (QED) is 0.828. The van der Waals surface area contributed by atoms with Gasteiger partial charge in [0.25, 0.3) is 5.91 Å². The van der Waals surface area contributed by atoms with Gasteiger partial charge in [0.15, 0.2) is 0 Å². The predicted octanol–water partition coefficient (Wildman–Crippen LogP) is 1.21. The maximum Gasteiger partial charge on any atom is 0.326 e. The average Bonchev–Trinajstić information content (AvgIpc) is 2.58. The second-order valence-electron chi connectivity index (χ2n) is 4.94. The Morgan fingerprint density at radius 1 is 1.47 bits per heavy atom. The zero-order valence-corrected chi connectivity index (χ0v) is 10.3. The number of carbonyl (C=O) groups excluding carboxylic acids is 1. The summed E-state index contributed by atoms with van der Waals surface area (Å²) in [5.74, 6) is -1.65. The Balaban J connectivity index is 2.82. The molecular formula is C11H16N2O4. The summed E-state index contributed by atoms with van der Waals surface area (Å²) in [7, 11) is 0. The largest absolute Gasteiger partial charge is 0.480 e. The molecule has 0 aliphatic rings. The lowest BCUT2D eigenvalue weighted by Gasteiger charge is -2.27. The van der Waals surface area contributed by atoms with Gasteiger partial charge < -0.3 is 14.9 Å². The first kappa shape index (κ1) is 13.2. The molecule has 0 saturated carbocycles. The fourth-order valence-corrected chi connectivity index (χ4v) is 1.32. The summed E-state index contributed by atoms with van der Waals surface area (Å²) in [5, 5.41) is 15.0. The van der Waals surface area contributed by atoms with E-state index in [2.05, 4.69) is 10.5 Å². The molecule has 0 spiro atoms. The lowest BCUT2D eigenvalue weighted by molar-refractivity contribution is -0.142. The van der Waals surface area contributed by atoms with E-state index in [0.29, 0.717) is 5.69 Å². The summed E-state index contributed by atoms with van der Waals surface area (Å²) in [6.45, 7) is 6.88. The van der Waals surface area contributed by atoms with Crippen LogP contribution in [0.2, 0.25) is 0 Å². The number of carbonyl (C=O) groups is 2. The molecule has 1 aromatic rings. The SMILES string of the molecule is Cc1cc(C(=O)NC(C(=O)O)C(C)(C)C)on1. The van der Waals surface area contributed by atoms with Gasteiger partial charge in [0.05, 0.1) is 5.69 Å². The molecule has 1 atom stereocenters. The van der Waals surface area contributed by atoms with E-state index in [9.17, 15) is 9.59 Å². The van der Waals surface area contributed by atoms with Crippen LogP contribution in [-0.2, 0) is 4.79 Å². The third-order valence-electron chi connectivity index (χ3n) is 2.24. The van der Waals surface area contributed by atoms with Crippen molar-refractivity contribution >= 4 is 11.9 Å². The molecule has 6 heteroatoms. The second kappa shape index (κ2) is 4.57. The summed E-state index contributed by atoms with van der Waals surface area (Å²) in [6.07, 6.45) is 0. The number of carboxylic acids is 1. The van der Waals surface area contributed by atoms with Crippen LogP contribution in [0.25, 0.3) is 0 Å².